The summed E-state index contributed by atoms with van der Waals surface area (Å²) in [6.45, 7) is 5.65. The summed E-state index contributed by atoms with van der Waals surface area (Å²) in [6.07, 6.45) is 3.15. The van der Waals surface area contributed by atoms with E-state index in [-0.39, 0.29) is 5.91 Å². The monoisotopic (exact) mass is 224 g/mol. The second-order valence-electron chi connectivity index (χ2n) is 3.67. The van der Waals surface area contributed by atoms with Crippen LogP contribution in [0.2, 0.25) is 0 Å². The standard InChI is InChI=1S/C11H20N4O/c1-4-9-10(8-15(3)14-9)13-11(16)6-7-12-5-2/h8,12H,4-7H2,1-3H3,(H,13,16). The van der Waals surface area contributed by atoms with E-state index in [9.17, 15) is 4.79 Å². The van der Waals surface area contributed by atoms with E-state index in [1.54, 1.807) is 4.68 Å². The fraction of sp³-hybridized carbons (Fsp3) is 0.636. The molecule has 0 unspecified atom stereocenters. The van der Waals surface area contributed by atoms with Crippen LogP contribution in [0.5, 0.6) is 0 Å². The van der Waals surface area contributed by atoms with Crippen molar-refractivity contribution in [3.63, 3.8) is 0 Å². The maximum absolute atomic E-state index is 11.6. The predicted molar refractivity (Wildman–Crippen MR) is 64.4 cm³/mol. The molecule has 1 aromatic rings. The molecule has 0 spiro atoms. The minimum absolute atomic E-state index is 0.0312. The summed E-state index contributed by atoms with van der Waals surface area (Å²) in [4.78, 5) is 11.6. The van der Waals surface area contributed by atoms with Gasteiger partial charge in [0, 0.05) is 26.2 Å². The van der Waals surface area contributed by atoms with Crippen LogP contribution in [0.4, 0.5) is 5.69 Å². The quantitative estimate of drug-likeness (QED) is 0.706. The molecule has 0 aromatic carbocycles. The van der Waals surface area contributed by atoms with Gasteiger partial charge < -0.3 is 10.6 Å². The van der Waals surface area contributed by atoms with Gasteiger partial charge in [-0.25, -0.2) is 0 Å². The molecule has 0 aliphatic carbocycles. The molecule has 2 N–H and O–H groups in total. The molecule has 0 bridgehead atoms. The van der Waals surface area contributed by atoms with Crippen LogP contribution in [0, 0.1) is 0 Å². The molecule has 1 aromatic heterocycles. The van der Waals surface area contributed by atoms with Gasteiger partial charge in [0.05, 0.1) is 11.4 Å². The number of carbonyl (C=O) groups is 1. The van der Waals surface area contributed by atoms with Crippen molar-refractivity contribution in [2.75, 3.05) is 18.4 Å². The average molecular weight is 224 g/mol. The molecule has 1 rings (SSSR count). The summed E-state index contributed by atoms with van der Waals surface area (Å²) in [5.74, 6) is 0.0312. The average Bonchev–Trinajstić information content (AvgIpc) is 2.59. The largest absolute Gasteiger partial charge is 0.323 e. The van der Waals surface area contributed by atoms with Crippen LogP contribution in [-0.4, -0.2) is 28.8 Å². The predicted octanol–water partition coefficient (Wildman–Crippen LogP) is 0.921. The van der Waals surface area contributed by atoms with Crippen molar-refractivity contribution in [2.45, 2.75) is 26.7 Å². The van der Waals surface area contributed by atoms with Crippen LogP contribution in [0.3, 0.4) is 0 Å². The number of amides is 1. The first kappa shape index (κ1) is 12.7. The van der Waals surface area contributed by atoms with E-state index in [0.717, 1.165) is 24.3 Å². The zero-order valence-corrected chi connectivity index (χ0v) is 10.2. The van der Waals surface area contributed by atoms with Gasteiger partial charge in [0.2, 0.25) is 5.91 Å². The number of aryl methyl sites for hydroxylation is 2. The van der Waals surface area contributed by atoms with E-state index in [1.807, 2.05) is 27.1 Å². The molecule has 90 valence electrons. The van der Waals surface area contributed by atoms with E-state index >= 15 is 0 Å². The molecule has 5 nitrogen and oxygen atoms in total. The van der Waals surface area contributed by atoms with E-state index < -0.39 is 0 Å². The number of anilines is 1. The Balaban J connectivity index is 2.48. The number of carbonyl (C=O) groups excluding carboxylic acids is 1. The molecule has 0 aliphatic heterocycles. The second-order valence-corrected chi connectivity index (χ2v) is 3.67. The van der Waals surface area contributed by atoms with Crippen molar-refractivity contribution in [1.82, 2.24) is 15.1 Å². The molecule has 0 saturated heterocycles. The van der Waals surface area contributed by atoms with Crippen molar-refractivity contribution >= 4 is 11.6 Å². The second kappa shape index (κ2) is 6.27. The first-order valence-electron chi connectivity index (χ1n) is 5.70. The molecule has 0 saturated carbocycles. The molecule has 0 aliphatic rings. The first-order valence-corrected chi connectivity index (χ1v) is 5.70. The molecule has 5 heteroatoms. The van der Waals surface area contributed by atoms with E-state index in [0.29, 0.717) is 13.0 Å². The van der Waals surface area contributed by atoms with E-state index in [1.165, 1.54) is 0 Å². The minimum Gasteiger partial charge on any atom is -0.323 e. The highest BCUT2D eigenvalue weighted by molar-refractivity contribution is 5.91. The lowest BCUT2D eigenvalue weighted by Gasteiger charge is -2.04. The highest BCUT2D eigenvalue weighted by atomic mass is 16.1. The number of aromatic nitrogens is 2. The zero-order chi connectivity index (χ0) is 12.0. The van der Waals surface area contributed by atoms with Crippen LogP contribution in [0.25, 0.3) is 0 Å². The van der Waals surface area contributed by atoms with Crippen LogP contribution in [0.15, 0.2) is 6.20 Å². The van der Waals surface area contributed by atoms with Gasteiger partial charge in [-0.1, -0.05) is 13.8 Å². The summed E-state index contributed by atoms with van der Waals surface area (Å²) in [6, 6.07) is 0. The number of hydrogen-bond acceptors (Lipinski definition) is 3. The maximum atomic E-state index is 11.6. The van der Waals surface area contributed by atoms with Crippen molar-refractivity contribution in [1.29, 1.82) is 0 Å². The molecule has 1 heterocycles. The van der Waals surface area contributed by atoms with Gasteiger partial charge >= 0.3 is 0 Å². The van der Waals surface area contributed by atoms with E-state index in [4.69, 9.17) is 0 Å². The van der Waals surface area contributed by atoms with Crippen LogP contribution >= 0.6 is 0 Å². The fourth-order valence-electron chi connectivity index (χ4n) is 1.49. The van der Waals surface area contributed by atoms with Crippen LogP contribution < -0.4 is 10.6 Å². The Morgan fingerprint density at radius 1 is 1.50 bits per heavy atom. The van der Waals surface area contributed by atoms with Gasteiger partial charge in [-0.2, -0.15) is 5.10 Å². The Kier molecular flexibility index (Phi) is 4.98. The minimum atomic E-state index is 0.0312. The fourth-order valence-corrected chi connectivity index (χ4v) is 1.49. The van der Waals surface area contributed by atoms with E-state index in [2.05, 4.69) is 15.7 Å². The normalized spacial score (nSPS) is 10.4. The van der Waals surface area contributed by atoms with Crippen molar-refractivity contribution in [2.24, 2.45) is 7.05 Å². The van der Waals surface area contributed by atoms with Crippen molar-refractivity contribution < 1.29 is 4.79 Å². The SMILES string of the molecule is CCNCCC(=O)Nc1cn(C)nc1CC. The summed E-state index contributed by atoms with van der Waals surface area (Å²) < 4.78 is 1.72. The van der Waals surface area contributed by atoms with Gasteiger partial charge in [0.15, 0.2) is 0 Å². The van der Waals surface area contributed by atoms with Gasteiger partial charge in [0.1, 0.15) is 0 Å². The van der Waals surface area contributed by atoms with Crippen molar-refractivity contribution in [3.8, 4) is 0 Å². The molecule has 16 heavy (non-hydrogen) atoms. The Bertz CT molecular complexity index is 346. The highest BCUT2D eigenvalue weighted by Crippen LogP contribution is 2.13. The third-order valence-corrected chi connectivity index (χ3v) is 2.29. The molecule has 1 amide bonds. The topological polar surface area (TPSA) is 59.0 Å². The lowest BCUT2D eigenvalue weighted by Crippen LogP contribution is -2.21. The lowest BCUT2D eigenvalue weighted by molar-refractivity contribution is -0.116. The summed E-state index contributed by atoms with van der Waals surface area (Å²) in [5.41, 5.74) is 1.76. The lowest BCUT2D eigenvalue weighted by atomic mass is 10.3. The first-order chi connectivity index (χ1) is 7.67. The highest BCUT2D eigenvalue weighted by Gasteiger charge is 2.08. The maximum Gasteiger partial charge on any atom is 0.225 e. The Hall–Kier alpha value is -1.36. The number of hydrogen-bond donors (Lipinski definition) is 2. The molecule has 0 atom stereocenters. The third-order valence-electron chi connectivity index (χ3n) is 2.29. The van der Waals surface area contributed by atoms with Gasteiger partial charge in [-0.05, 0) is 13.0 Å². The van der Waals surface area contributed by atoms with Crippen LogP contribution in [0.1, 0.15) is 26.0 Å². The Morgan fingerprint density at radius 2 is 2.25 bits per heavy atom. The molecular formula is C11H20N4O. The number of rotatable bonds is 6. The zero-order valence-electron chi connectivity index (χ0n) is 10.2. The Labute approximate surface area is 96.2 Å². The summed E-state index contributed by atoms with van der Waals surface area (Å²) in [7, 11) is 1.85. The van der Waals surface area contributed by atoms with Gasteiger partial charge in [-0.3, -0.25) is 9.48 Å². The summed E-state index contributed by atoms with van der Waals surface area (Å²) >= 11 is 0. The number of nitrogens with zero attached hydrogens (tertiary/aromatic N) is 2. The van der Waals surface area contributed by atoms with Crippen LogP contribution in [-0.2, 0) is 18.3 Å². The molecular weight excluding hydrogens is 204 g/mol. The third kappa shape index (κ3) is 3.66. The van der Waals surface area contributed by atoms with Gasteiger partial charge in [0.25, 0.3) is 0 Å². The summed E-state index contributed by atoms with van der Waals surface area (Å²) in [5, 5.41) is 10.3. The van der Waals surface area contributed by atoms with Crippen molar-refractivity contribution in [3.05, 3.63) is 11.9 Å². The Morgan fingerprint density at radius 3 is 2.88 bits per heavy atom. The molecule has 0 radical (unpaired) electrons. The number of nitrogens with one attached hydrogen (secondary N) is 2. The molecule has 0 fully saturated rings. The van der Waals surface area contributed by atoms with Gasteiger partial charge in [-0.15, -0.1) is 0 Å². The smallest absolute Gasteiger partial charge is 0.225 e.